The number of carbonyl (C=O) groups is 4. The van der Waals surface area contributed by atoms with Gasteiger partial charge < -0.3 is 41.7 Å². The van der Waals surface area contributed by atoms with Gasteiger partial charge in [-0.1, -0.05) is 54.6 Å². The van der Waals surface area contributed by atoms with Crippen molar-refractivity contribution < 1.29 is 24.3 Å². The summed E-state index contributed by atoms with van der Waals surface area (Å²) in [5, 5.41) is 20.9. The van der Waals surface area contributed by atoms with Gasteiger partial charge in [0.1, 0.15) is 18.1 Å². The molecule has 4 unspecified atom stereocenters. The lowest BCUT2D eigenvalue weighted by atomic mass is 10.0. The number of carboxylic acid groups (broad SMARTS) is 1. The van der Waals surface area contributed by atoms with Crippen molar-refractivity contribution in [3.8, 4) is 0 Å². The lowest BCUT2D eigenvalue weighted by Crippen LogP contribution is -2.58. The highest BCUT2D eigenvalue weighted by molar-refractivity contribution is 7.98. The van der Waals surface area contributed by atoms with Crippen LogP contribution in [0.1, 0.15) is 23.1 Å². The minimum Gasteiger partial charge on any atom is -0.480 e. The third kappa shape index (κ3) is 8.27. The molecule has 0 aliphatic carbocycles. The van der Waals surface area contributed by atoms with Crippen LogP contribution in [0.25, 0.3) is 32.7 Å². The molecule has 3 amide bonds. The van der Waals surface area contributed by atoms with Crippen molar-refractivity contribution in [3.05, 3.63) is 108 Å². The van der Waals surface area contributed by atoms with Crippen LogP contribution in [-0.4, -0.2) is 79.9 Å². The zero-order chi connectivity index (χ0) is 35.9. The summed E-state index contributed by atoms with van der Waals surface area (Å²) in [6.45, 7) is 0. The van der Waals surface area contributed by atoms with Gasteiger partial charge >= 0.3 is 5.97 Å². The van der Waals surface area contributed by atoms with Gasteiger partial charge in [-0.15, -0.1) is 0 Å². The Balaban J connectivity index is 1.27. The number of aliphatic carboxylic acids is 1. The second kappa shape index (κ2) is 16.0. The molecule has 6 rings (SSSR count). The van der Waals surface area contributed by atoms with Crippen molar-refractivity contribution in [1.29, 1.82) is 0 Å². The normalized spacial score (nSPS) is 13.8. The summed E-state index contributed by atoms with van der Waals surface area (Å²) in [6, 6.07) is 18.5. The maximum atomic E-state index is 14.3. The Kier molecular flexibility index (Phi) is 11.1. The number of nitrogens with two attached hydrogens (primary N) is 1. The van der Waals surface area contributed by atoms with Crippen molar-refractivity contribution in [3.63, 3.8) is 0 Å². The number of H-pyrrole nitrogens is 3. The molecule has 0 saturated heterocycles. The number of carbonyl (C=O) groups excluding carboxylic acids is 3. The number of carboxylic acids is 1. The Bertz CT molecular complexity index is 2170. The van der Waals surface area contributed by atoms with Crippen LogP contribution in [0, 0.1) is 0 Å². The molecule has 0 saturated carbocycles. The van der Waals surface area contributed by atoms with Crippen LogP contribution in [0.2, 0.25) is 0 Å². The molecular weight excluding hydrogens is 667 g/mol. The Hall–Kier alpha value is -5.53. The largest absolute Gasteiger partial charge is 0.480 e. The molecule has 3 heterocycles. The molecule has 13 heteroatoms. The van der Waals surface area contributed by atoms with Crippen LogP contribution in [0.4, 0.5) is 0 Å². The lowest BCUT2D eigenvalue weighted by molar-refractivity contribution is -0.142. The van der Waals surface area contributed by atoms with E-state index in [1.807, 2.05) is 85.2 Å². The first-order valence-electron chi connectivity index (χ1n) is 16.7. The molecule has 0 bridgehead atoms. The van der Waals surface area contributed by atoms with E-state index in [1.165, 1.54) is 11.8 Å². The number of amides is 3. The smallest absolute Gasteiger partial charge is 0.326 e. The summed E-state index contributed by atoms with van der Waals surface area (Å²) in [5.74, 6) is -2.42. The van der Waals surface area contributed by atoms with Gasteiger partial charge in [-0.3, -0.25) is 14.4 Å². The van der Waals surface area contributed by atoms with Gasteiger partial charge in [0.2, 0.25) is 17.7 Å². The molecule has 12 nitrogen and oxygen atoms in total. The average molecular weight is 708 g/mol. The van der Waals surface area contributed by atoms with E-state index in [9.17, 15) is 24.3 Å². The van der Waals surface area contributed by atoms with Crippen LogP contribution < -0.4 is 21.7 Å². The topological polar surface area (TPSA) is 198 Å². The number of rotatable bonds is 16. The lowest BCUT2D eigenvalue weighted by Gasteiger charge is -2.25. The second-order valence-electron chi connectivity index (χ2n) is 12.6. The van der Waals surface area contributed by atoms with Crippen molar-refractivity contribution in [2.75, 3.05) is 12.0 Å². The van der Waals surface area contributed by atoms with Crippen LogP contribution >= 0.6 is 11.8 Å². The number of fused-ring (bicyclic) bond motifs is 3. The summed E-state index contributed by atoms with van der Waals surface area (Å²) in [5.41, 5.74) is 11.5. The number of hydrogen-bond donors (Lipinski definition) is 8. The quantitative estimate of drug-likeness (QED) is 0.0749. The maximum absolute atomic E-state index is 14.3. The molecule has 0 radical (unpaired) electrons. The molecule has 0 fully saturated rings. The highest BCUT2D eigenvalue weighted by Gasteiger charge is 2.32. The number of aromatic nitrogens is 3. The Labute approximate surface area is 298 Å². The number of hydrogen-bond acceptors (Lipinski definition) is 6. The highest BCUT2D eigenvalue weighted by atomic mass is 32.2. The van der Waals surface area contributed by atoms with Gasteiger partial charge in [0.15, 0.2) is 0 Å². The molecule has 0 spiro atoms. The molecule has 9 N–H and O–H groups in total. The molecule has 4 atom stereocenters. The molecule has 51 heavy (non-hydrogen) atoms. The van der Waals surface area contributed by atoms with E-state index < -0.39 is 47.9 Å². The molecule has 0 aliphatic rings. The van der Waals surface area contributed by atoms with Gasteiger partial charge in [0, 0.05) is 64.1 Å². The fourth-order valence-electron chi connectivity index (χ4n) is 6.41. The van der Waals surface area contributed by atoms with E-state index >= 15 is 0 Å². The third-order valence-corrected chi connectivity index (χ3v) is 9.78. The fourth-order valence-corrected chi connectivity index (χ4v) is 6.88. The van der Waals surface area contributed by atoms with Gasteiger partial charge in [-0.2, -0.15) is 11.8 Å². The molecule has 3 aromatic heterocycles. The van der Waals surface area contributed by atoms with E-state index in [0.717, 1.165) is 49.4 Å². The van der Waals surface area contributed by atoms with Crippen molar-refractivity contribution in [2.24, 2.45) is 5.73 Å². The average Bonchev–Trinajstić information content (AvgIpc) is 3.86. The highest BCUT2D eigenvalue weighted by Crippen LogP contribution is 2.22. The van der Waals surface area contributed by atoms with Crippen LogP contribution in [-0.2, 0) is 38.4 Å². The number of benzene rings is 3. The van der Waals surface area contributed by atoms with Gasteiger partial charge in [0.25, 0.3) is 0 Å². The van der Waals surface area contributed by atoms with Crippen LogP contribution in [0.15, 0.2) is 91.4 Å². The molecule has 0 aliphatic heterocycles. The molecule has 6 aromatic rings. The Morgan fingerprint density at radius 1 is 0.627 bits per heavy atom. The standard InChI is InChI=1S/C38H41N7O5S/c1-51-15-14-32(38(49)50)43-36(47)34(18-24-21-42-31-13-7-4-10-27(24)31)45-37(48)33(17-23-20-41-30-12-6-3-9-26(23)30)44-35(46)28(39)16-22-19-40-29-11-5-2-8-25(22)29/h2-13,19-21,28,32-34,40-42H,14-18,39H2,1H3,(H,43,47)(H,44,46)(H,45,48)(H,49,50). The zero-order valence-electron chi connectivity index (χ0n) is 28.1. The molecular formula is C38H41N7O5S. The minimum atomic E-state index is -1.16. The predicted molar refractivity (Wildman–Crippen MR) is 200 cm³/mol. The number of aromatic amines is 3. The summed E-state index contributed by atoms with van der Waals surface area (Å²) in [6.07, 6.45) is 7.87. The summed E-state index contributed by atoms with van der Waals surface area (Å²) >= 11 is 1.47. The van der Waals surface area contributed by atoms with Crippen LogP contribution in [0.5, 0.6) is 0 Å². The molecule has 3 aromatic carbocycles. The van der Waals surface area contributed by atoms with E-state index in [1.54, 1.807) is 12.4 Å². The Morgan fingerprint density at radius 2 is 1.02 bits per heavy atom. The summed E-state index contributed by atoms with van der Waals surface area (Å²) in [7, 11) is 0. The maximum Gasteiger partial charge on any atom is 0.326 e. The first-order valence-corrected chi connectivity index (χ1v) is 18.1. The summed E-state index contributed by atoms with van der Waals surface area (Å²) < 4.78 is 0. The molecule has 264 valence electrons. The Morgan fingerprint density at radius 3 is 1.45 bits per heavy atom. The fraction of sp³-hybridized carbons (Fsp3) is 0.263. The number of thioether (sulfide) groups is 1. The monoisotopic (exact) mass is 707 g/mol. The first-order chi connectivity index (χ1) is 24.7. The van der Waals surface area contributed by atoms with Crippen molar-refractivity contribution in [2.45, 2.75) is 49.9 Å². The van der Waals surface area contributed by atoms with Gasteiger partial charge in [-0.05, 0) is 59.7 Å². The second-order valence-corrected chi connectivity index (χ2v) is 13.6. The SMILES string of the molecule is CSCCC(NC(=O)C(Cc1c[nH]c2ccccc12)NC(=O)C(Cc1c[nH]c2ccccc12)NC(=O)C(N)Cc1c[nH]c2ccccc12)C(=O)O. The minimum absolute atomic E-state index is 0.0737. The summed E-state index contributed by atoms with van der Waals surface area (Å²) in [4.78, 5) is 63.4. The van der Waals surface area contributed by atoms with E-state index in [0.29, 0.717) is 5.75 Å². The first kappa shape index (κ1) is 35.3. The predicted octanol–water partition coefficient (Wildman–Crippen LogP) is 3.78. The van der Waals surface area contributed by atoms with Gasteiger partial charge in [0.05, 0.1) is 6.04 Å². The van der Waals surface area contributed by atoms with E-state index in [4.69, 9.17) is 5.73 Å². The van der Waals surface area contributed by atoms with Crippen molar-refractivity contribution >= 4 is 68.2 Å². The van der Waals surface area contributed by atoms with Crippen LogP contribution in [0.3, 0.4) is 0 Å². The third-order valence-electron chi connectivity index (χ3n) is 9.14. The van der Waals surface area contributed by atoms with E-state index in [2.05, 4.69) is 30.9 Å². The number of nitrogens with one attached hydrogen (secondary N) is 6. The van der Waals surface area contributed by atoms with E-state index in [-0.39, 0.29) is 25.7 Å². The number of para-hydroxylation sites is 3. The van der Waals surface area contributed by atoms with Gasteiger partial charge in [-0.25, -0.2) is 4.79 Å². The van der Waals surface area contributed by atoms with Crippen molar-refractivity contribution in [1.82, 2.24) is 30.9 Å². The zero-order valence-corrected chi connectivity index (χ0v) is 28.9.